The molecule has 84 valence electrons. The van der Waals surface area contributed by atoms with E-state index in [0.717, 1.165) is 12.6 Å². The van der Waals surface area contributed by atoms with Crippen LogP contribution in [0.3, 0.4) is 0 Å². The van der Waals surface area contributed by atoms with Crippen LogP contribution in [0.2, 0.25) is 0 Å². The number of thiophene rings is 1. The van der Waals surface area contributed by atoms with Crippen molar-refractivity contribution in [1.29, 1.82) is 0 Å². The van der Waals surface area contributed by atoms with Gasteiger partial charge in [0.15, 0.2) is 0 Å². The lowest BCUT2D eigenvalue weighted by Crippen LogP contribution is -2.26. The maximum atomic E-state index is 3.69. The minimum Gasteiger partial charge on any atom is -0.310 e. The van der Waals surface area contributed by atoms with Crippen LogP contribution in [0.25, 0.3) is 0 Å². The van der Waals surface area contributed by atoms with Gasteiger partial charge in [-0.2, -0.15) is 11.3 Å². The lowest BCUT2D eigenvalue weighted by atomic mass is 9.92. The van der Waals surface area contributed by atoms with Crippen LogP contribution in [0.5, 0.6) is 0 Å². The molecule has 15 heavy (non-hydrogen) atoms. The van der Waals surface area contributed by atoms with E-state index in [1.165, 1.54) is 30.4 Å². The zero-order chi connectivity index (χ0) is 10.9. The predicted molar refractivity (Wildman–Crippen MR) is 67.3 cm³/mol. The number of rotatable bonds is 3. The molecule has 1 saturated carbocycles. The molecule has 0 radical (unpaired) electrons. The summed E-state index contributed by atoms with van der Waals surface area (Å²) in [6.07, 6.45) is 4.04. The lowest BCUT2D eigenvalue weighted by Gasteiger charge is -2.17. The molecule has 0 spiro atoms. The van der Waals surface area contributed by atoms with Crippen molar-refractivity contribution < 1.29 is 0 Å². The van der Waals surface area contributed by atoms with Crippen molar-refractivity contribution in [3.63, 3.8) is 0 Å². The Morgan fingerprint density at radius 3 is 2.80 bits per heavy atom. The molecule has 1 fully saturated rings. The minimum absolute atomic E-state index is 0.557. The van der Waals surface area contributed by atoms with Gasteiger partial charge in [-0.3, -0.25) is 0 Å². The summed E-state index contributed by atoms with van der Waals surface area (Å²) in [5, 5.41) is 8.19. The Labute approximate surface area is 96.9 Å². The first-order valence-corrected chi connectivity index (χ1v) is 6.76. The van der Waals surface area contributed by atoms with Crippen molar-refractivity contribution in [2.24, 2.45) is 5.41 Å². The second kappa shape index (κ2) is 4.26. The van der Waals surface area contributed by atoms with Gasteiger partial charge in [0, 0.05) is 12.6 Å². The van der Waals surface area contributed by atoms with Crippen LogP contribution >= 0.6 is 11.3 Å². The second-order valence-corrected chi connectivity index (χ2v) is 6.31. The van der Waals surface area contributed by atoms with Crippen LogP contribution in [0, 0.1) is 12.3 Å². The fourth-order valence-electron chi connectivity index (χ4n) is 2.43. The van der Waals surface area contributed by atoms with E-state index in [-0.39, 0.29) is 0 Å². The molecule has 1 aromatic rings. The Morgan fingerprint density at radius 2 is 2.27 bits per heavy atom. The lowest BCUT2D eigenvalue weighted by molar-refractivity contribution is 0.364. The Kier molecular flexibility index (Phi) is 3.17. The predicted octanol–water partition coefficient (Wildman–Crippen LogP) is 3.72. The Morgan fingerprint density at radius 1 is 1.47 bits per heavy atom. The largest absolute Gasteiger partial charge is 0.310 e. The summed E-state index contributed by atoms with van der Waals surface area (Å²) < 4.78 is 0. The first kappa shape index (κ1) is 11.2. The van der Waals surface area contributed by atoms with Crippen molar-refractivity contribution in [3.8, 4) is 0 Å². The second-order valence-electron chi connectivity index (χ2n) is 5.56. The van der Waals surface area contributed by atoms with Gasteiger partial charge < -0.3 is 5.32 Å². The van der Waals surface area contributed by atoms with E-state index in [0.29, 0.717) is 5.41 Å². The maximum Gasteiger partial charge on any atom is 0.0218 e. The van der Waals surface area contributed by atoms with Crippen LogP contribution in [0.1, 0.15) is 44.2 Å². The van der Waals surface area contributed by atoms with Gasteiger partial charge in [-0.05, 0) is 53.5 Å². The summed E-state index contributed by atoms with van der Waals surface area (Å²) in [6.45, 7) is 8.01. The molecule has 1 nitrogen and oxygen atoms in total. The highest BCUT2D eigenvalue weighted by Crippen LogP contribution is 2.37. The summed E-state index contributed by atoms with van der Waals surface area (Å²) >= 11 is 1.81. The molecule has 1 unspecified atom stereocenters. The molecule has 0 aliphatic heterocycles. The van der Waals surface area contributed by atoms with Gasteiger partial charge in [0.2, 0.25) is 0 Å². The highest BCUT2D eigenvalue weighted by Gasteiger charge is 2.30. The van der Waals surface area contributed by atoms with Gasteiger partial charge >= 0.3 is 0 Å². The average Bonchev–Trinajstić information content (AvgIpc) is 2.69. The number of aryl methyl sites for hydroxylation is 1. The first-order valence-electron chi connectivity index (χ1n) is 5.82. The molecule has 0 bridgehead atoms. The zero-order valence-corrected chi connectivity index (χ0v) is 10.8. The third-order valence-corrected chi connectivity index (χ3v) is 4.42. The SMILES string of the molecule is Cc1cscc1CNC1CCC(C)(C)C1. The fraction of sp³-hybridized carbons (Fsp3) is 0.692. The molecular weight excluding hydrogens is 202 g/mol. The monoisotopic (exact) mass is 223 g/mol. The Balaban J connectivity index is 1.83. The molecular formula is C13H21NS. The number of nitrogens with one attached hydrogen (secondary N) is 1. The molecule has 0 aromatic carbocycles. The average molecular weight is 223 g/mol. The van der Waals surface area contributed by atoms with Crippen molar-refractivity contribution in [2.75, 3.05) is 0 Å². The normalized spacial score (nSPS) is 24.6. The van der Waals surface area contributed by atoms with Crippen LogP contribution in [0.4, 0.5) is 0 Å². The topological polar surface area (TPSA) is 12.0 Å². The van der Waals surface area contributed by atoms with Crippen molar-refractivity contribution in [2.45, 2.75) is 52.6 Å². The van der Waals surface area contributed by atoms with Gasteiger partial charge in [0.05, 0.1) is 0 Å². The molecule has 1 heterocycles. The van der Waals surface area contributed by atoms with Crippen molar-refractivity contribution in [3.05, 3.63) is 21.9 Å². The van der Waals surface area contributed by atoms with Gasteiger partial charge in [-0.1, -0.05) is 13.8 Å². The van der Waals surface area contributed by atoms with E-state index in [9.17, 15) is 0 Å². The van der Waals surface area contributed by atoms with E-state index < -0.39 is 0 Å². The quantitative estimate of drug-likeness (QED) is 0.823. The van der Waals surface area contributed by atoms with E-state index in [1.54, 1.807) is 0 Å². The van der Waals surface area contributed by atoms with Gasteiger partial charge in [0.25, 0.3) is 0 Å². The molecule has 1 aliphatic carbocycles. The first-order chi connectivity index (χ1) is 7.07. The molecule has 2 heteroatoms. The van der Waals surface area contributed by atoms with E-state index in [2.05, 4.69) is 36.8 Å². The molecule has 1 aromatic heterocycles. The summed E-state index contributed by atoms with van der Waals surface area (Å²) in [7, 11) is 0. The van der Waals surface area contributed by atoms with E-state index >= 15 is 0 Å². The minimum atomic E-state index is 0.557. The molecule has 2 rings (SSSR count). The highest BCUT2D eigenvalue weighted by molar-refractivity contribution is 7.08. The third kappa shape index (κ3) is 2.82. The smallest absolute Gasteiger partial charge is 0.0218 e. The Bertz CT molecular complexity index is 327. The van der Waals surface area contributed by atoms with Crippen LogP contribution in [-0.2, 0) is 6.54 Å². The van der Waals surface area contributed by atoms with Gasteiger partial charge in [0.1, 0.15) is 0 Å². The molecule has 1 N–H and O–H groups in total. The number of hydrogen-bond acceptors (Lipinski definition) is 2. The van der Waals surface area contributed by atoms with Crippen LogP contribution in [0.15, 0.2) is 10.8 Å². The molecule has 0 amide bonds. The van der Waals surface area contributed by atoms with Gasteiger partial charge in [-0.15, -0.1) is 0 Å². The summed E-state index contributed by atoms with van der Waals surface area (Å²) in [6, 6.07) is 0.735. The van der Waals surface area contributed by atoms with E-state index in [1.807, 2.05) is 11.3 Å². The molecule has 0 saturated heterocycles. The number of hydrogen-bond donors (Lipinski definition) is 1. The van der Waals surface area contributed by atoms with E-state index in [4.69, 9.17) is 0 Å². The summed E-state index contributed by atoms with van der Waals surface area (Å²) in [5.74, 6) is 0. The Hall–Kier alpha value is -0.340. The maximum absolute atomic E-state index is 3.69. The van der Waals surface area contributed by atoms with Crippen molar-refractivity contribution in [1.82, 2.24) is 5.32 Å². The fourth-order valence-corrected chi connectivity index (χ4v) is 3.29. The molecule has 1 aliphatic rings. The van der Waals surface area contributed by atoms with Crippen molar-refractivity contribution >= 4 is 11.3 Å². The zero-order valence-electron chi connectivity index (χ0n) is 9.97. The standard InChI is InChI=1S/C13H21NS/c1-10-8-15-9-11(10)7-14-12-4-5-13(2,3)6-12/h8-9,12,14H,4-7H2,1-3H3. The van der Waals surface area contributed by atoms with Crippen LogP contribution in [-0.4, -0.2) is 6.04 Å². The van der Waals surface area contributed by atoms with Crippen LogP contribution < -0.4 is 5.32 Å². The van der Waals surface area contributed by atoms with Gasteiger partial charge in [-0.25, -0.2) is 0 Å². The summed E-state index contributed by atoms with van der Waals surface area (Å²) in [4.78, 5) is 0. The summed E-state index contributed by atoms with van der Waals surface area (Å²) in [5.41, 5.74) is 3.47. The molecule has 1 atom stereocenters. The third-order valence-electron chi connectivity index (χ3n) is 3.51. The highest BCUT2D eigenvalue weighted by atomic mass is 32.1.